The molecule has 0 radical (unpaired) electrons. The van der Waals surface area contributed by atoms with Crippen LogP contribution in [0.15, 0.2) is 47.5 Å². The Kier molecular flexibility index (Phi) is 4.43. The van der Waals surface area contributed by atoms with Crippen LogP contribution in [0.5, 0.6) is 5.75 Å². The van der Waals surface area contributed by atoms with E-state index in [1.807, 2.05) is 4.90 Å². The first-order valence-corrected chi connectivity index (χ1v) is 11.5. The zero-order chi connectivity index (χ0) is 24.6. The van der Waals surface area contributed by atoms with Gasteiger partial charge in [-0.25, -0.2) is 18.6 Å². The van der Waals surface area contributed by atoms with Gasteiger partial charge in [-0.15, -0.1) is 0 Å². The molecule has 0 aliphatic carbocycles. The van der Waals surface area contributed by atoms with E-state index < -0.39 is 29.5 Å². The van der Waals surface area contributed by atoms with Crippen molar-refractivity contribution >= 4 is 28.0 Å². The summed E-state index contributed by atoms with van der Waals surface area (Å²) in [4.78, 5) is 31.7. The Bertz CT molecular complexity index is 1720. The SMILES string of the molecule is O=c1[nH]c2c(N3CC(O)C3)nc(-n3cnc4ccc(F)cc43)nc2n1[C@@H]1CCOc2c(F)cccc21. The number of nitrogens with one attached hydrogen (secondary N) is 1. The van der Waals surface area contributed by atoms with E-state index in [4.69, 9.17) is 9.72 Å². The second-order valence-electron chi connectivity index (χ2n) is 8.96. The normalized spacial score (nSPS) is 17.9. The zero-order valence-electron chi connectivity index (χ0n) is 18.7. The predicted octanol–water partition coefficient (Wildman–Crippen LogP) is 2.29. The Morgan fingerprint density at radius 1 is 1.14 bits per heavy atom. The molecule has 5 heterocycles. The van der Waals surface area contributed by atoms with Crippen LogP contribution in [0.1, 0.15) is 18.0 Å². The van der Waals surface area contributed by atoms with Crippen LogP contribution in [0, 0.1) is 11.6 Å². The Hall–Kier alpha value is -4.32. The number of aliphatic hydroxyl groups is 1. The molecule has 2 aromatic carbocycles. The quantitative estimate of drug-likeness (QED) is 0.398. The van der Waals surface area contributed by atoms with E-state index in [1.165, 1.54) is 29.1 Å². The van der Waals surface area contributed by atoms with Crippen LogP contribution in [0.4, 0.5) is 14.6 Å². The monoisotopic (exact) mass is 491 g/mol. The number of aromatic nitrogens is 6. The minimum atomic E-state index is -0.528. The molecule has 1 fully saturated rings. The lowest BCUT2D eigenvalue weighted by Gasteiger charge is -2.37. The Balaban J connectivity index is 1.49. The van der Waals surface area contributed by atoms with Crippen molar-refractivity contribution in [3.63, 3.8) is 0 Å². The minimum absolute atomic E-state index is 0.117. The van der Waals surface area contributed by atoms with Gasteiger partial charge in [0, 0.05) is 31.1 Å². The molecule has 10 nitrogen and oxygen atoms in total. The number of H-pyrrole nitrogens is 1. The van der Waals surface area contributed by atoms with Crippen molar-refractivity contribution in [1.29, 1.82) is 0 Å². The third-order valence-corrected chi connectivity index (χ3v) is 6.73. The summed E-state index contributed by atoms with van der Waals surface area (Å²) >= 11 is 0. The molecule has 3 aromatic heterocycles. The number of fused-ring (bicyclic) bond motifs is 3. The summed E-state index contributed by atoms with van der Waals surface area (Å²) in [6, 6.07) is 8.32. The predicted molar refractivity (Wildman–Crippen MR) is 126 cm³/mol. The molecule has 2 aliphatic heterocycles. The van der Waals surface area contributed by atoms with Crippen LogP contribution in [-0.2, 0) is 0 Å². The highest BCUT2D eigenvalue weighted by Gasteiger charge is 2.33. The van der Waals surface area contributed by atoms with E-state index >= 15 is 0 Å². The van der Waals surface area contributed by atoms with Gasteiger partial charge in [0.1, 0.15) is 17.7 Å². The Morgan fingerprint density at radius 3 is 2.83 bits per heavy atom. The number of nitrogens with zero attached hydrogens (tertiary/aromatic N) is 6. The lowest BCUT2D eigenvalue weighted by Crippen LogP contribution is -2.51. The van der Waals surface area contributed by atoms with Crippen molar-refractivity contribution < 1.29 is 18.6 Å². The van der Waals surface area contributed by atoms with E-state index in [1.54, 1.807) is 22.8 Å². The summed E-state index contributed by atoms with van der Waals surface area (Å²) in [5, 5.41) is 9.91. The molecule has 0 spiro atoms. The number of aliphatic hydroxyl groups excluding tert-OH is 1. The summed E-state index contributed by atoms with van der Waals surface area (Å²) in [6.45, 7) is 0.902. The smallest absolute Gasteiger partial charge is 0.328 e. The number of β-amino-alcohol motifs (C(OH)–C–C–N with tert-alkyl or cyclic N) is 1. The van der Waals surface area contributed by atoms with Crippen LogP contribution >= 0.6 is 0 Å². The van der Waals surface area contributed by atoms with Gasteiger partial charge in [-0.05, 0) is 18.2 Å². The van der Waals surface area contributed by atoms with E-state index in [2.05, 4.69) is 15.0 Å². The zero-order valence-corrected chi connectivity index (χ0v) is 18.7. The first-order valence-electron chi connectivity index (χ1n) is 11.5. The highest BCUT2D eigenvalue weighted by molar-refractivity contribution is 5.86. The molecule has 5 aromatic rings. The van der Waals surface area contributed by atoms with Crippen molar-refractivity contribution in [2.75, 3.05) is 24.6 Å². The number of halogens is 2. The maximum atomic E-state index is 14.5. The second-order valence-corrected chi connectivity index (χ2v) is 8.96. The molecular formula is C24H19F2N7O3. The van der Waals surface area contributed by atoms with Gasteiger partial charge in [-0.1, -0.05) is 12.1 Å². The fourth-order valence-electron chi connectivity index (χ4n) is 5.01. The number of aromatic amines is 1. The van der Waals surface area contributed by atoms with E-state index in [-0.39, 0.29) is 18.3 Å². The highest BCUT2D eigenvalue weighted by atomic mass is 19.1. The Labute approximate surface area is 201 Å². The third kappa shape index (κ3) is 3.04. The molecule has 1 atom stereocenters. The second kappa shape index (κ2) is 7.59. The molecule has 7 rings (SSSR count). The largest absolute Gasteiger partial charge is 0.490 e. The number of hydrogen-bond acceptors (Lipinski definition) is 7. The van der Waals surface area contributed by atoms with Crippen LogP contribution in [-0.4, -0.2) is 60.0 Å². The van der Waals surface area contributed by atoms with Crippen molar-refractivity contribution in [2.45, 2.75) is 18.6 Å². The number of ether oxygens (including phenoxy) is 1. The minimum Gasteiger partial charge on any atom is -0.490 e. The molecule has 12 heteroatoms. The molecular weight excluding hydrogens is 472 g/mol. The number of para-hydroxylation sites is 1. The number of anilines is 1. The van der Waals surface area contributed by atoms with Crippen LogP contribution in [0.3, 0.4) is 0 Å². The number of rotatable bonds is 3. The highest BCUT2D eigenvalue weighted by Crippen LogP contribution is 2.38. The first-order chi connectivity index (χ1) is 17.5. The van der Waals surface area contributed by atoms with Crippen LogP contribution < -0.4 is 15.3 Å². The lowest BCUT2D eigenvalue weighted by molar-refractivity contribution is 0.141. The molecule has 182 valence electrons. The van der Waals surface area contributed by atoms with E-state index in [0.29, 0.717) is 53.1 Å². The third-order valence-electron chi connectivity index (χ3n) is 6.73. The average molecular weight is 491 g/mol. The van der Waals surface area contributed by atoms with Crippen LogP contribution in [0.2, 0.25) is 0 Å². The van der Waals surface area contributed by atoms with Gasteiger partial charge in [-0.3, -0.25) is 9.13 Å². The summed E-state index contributed by atoms with van der Waals surface area (Å²) < 4.78 is 37.1. The van der Waals surface area contributed by atoms with E-state index in [0.717, 1.165) is 0 Å². The van der Waals surface area contributed by atoms with Crippen LogP contribution in [0.25, 0.3) is 28.1 Å². The lowest BCUT2D eigenvalue weighted by atomic mass is 10.00. The van der Waals surface area contributed by atoms with Crippen molar-refractivity contribution in [1.82, 2.24) is 29.1 Å². The van der Waals surface area contributed by atoms with Gasteiger partial charge in [0.15, 0.2) is 23.0 Å². The maximum Gasteiger partial charge on any atom is 0.328 e. The number of hydrogen-bond donors (Lipinski definition) is 2. The van der Waals surface area contributed by atoms with Gasteiger partial charge < -0.3 is 19.7 Å². The summed E-state index contributed by atoms with van der Waals surface area (Å²) in [7, 11) is 0. The molecule has 0 amide bonds. The van der Waals surface area contributed by atoms with Crippen molar-refractivity contribution in [2.24, 2.45) is 0 Å². The molecule has 0 bridgehead atoms. The van der Waals surface area contributed by atoms with Crippen molar-refractivity contribution in [3.05, 3.63) is 70.4 Å². The summed E-state index contributed by atoms with van der Waals surface area (Å²) in [5.41, 5.74) is 1.84. The van der Waals surface area contributed by atoms with Gasteiger partial charge in [0.2, 0.25) is 5.95 Å². The summed E-state index contributed by atoms with van der Waals surface area (Å²) in [5.74, 6) is -0.197. The van der Waals surface area contributed by atoms with Gasteiger partial charge in [0.25, 0.3) is 0 Å². The molecule has 0 saturated carbocycles. The standard InChI is InChI=1S/C24H19F2N7O3/c25-12-4-5-16-18(8-12)32(11-27-16)23-29-21(31-9-13(34)10-31)19-22(30-23)33(24(35)28-19)17-6-7-36-20-14(17)2-1-3-15(20)26/h1-5,8,11,13,17,34H,6-7,9-10H2,(H,28,35)/t17-/m1/s1. The topological polar surface area (TPSA) is 114 Å². The van der Waals surface area contributed by atoms with Gasteiger partial charge in [0.05, 0.1) is 29.8 Å². The van der Waals surface area contributed by atoms with Gasteiger partial charge >= 0.3 is 5.69 Å². The molecule has 2 N–H and O–H groups in total. The van der Waals surface area contributed by atoms with Gasteiger partial charge in [-0.2, -0.15) is 9.97 Å². The molecule has 2 aliphatic rings. The fraction of sp³-hybridized carbons (Fsp3) is 0.250. The summed E-state index contributed by atoms with van der Waals surface area (Å²) in [6.07, 6.45) is 1.41. The number of benzene rings is 2. The average Bonchev–Trinajstić information content (AvgIpc) is 3.41. The van der Waals surface area contributed by atoms with E-state index in [9.17, 15) is 18.7 Å². The fourth-order valence-corrected chi connectivity index (χ4v) is 5.01. The first kappa shape index (κ1) is 21.0. The Morgan fingerprint density at radius 2 is 2.00 bits per heavy atom. The molecule has 0 unspecified atom stereocenters. The maximum absolute atomic E-state index is 14.5. The number of imidazole rings is 2. The van der Waals surface area contributed by atoms with Crippen molar-refractivity contribution in [3.8, 4) is 11.7 Å². The molecule has 1 saturated heterocycles. The molecule has 36 heavy (non-hydrogen) atoms.